The summed E-state index contributed by atoms with van der Waals surface area (Å²) in [5.74, 6) is -0.228. The number of urea groups is 1. The van der Waals surface area contributed by atoms with Crippen LogP contribution < -0.4 is 15.4 Å². The first-order valence-electron chi connectivity index (χ1n) is 8.95. The van der Waals surface area contributed by atoms with Gasteiger partial charge in [-0.05, 0) is 44.0 Å². The Morgan fingerprint density at radius 1 is 1.11 bits per heavy atom. The average Bonchev–Trinajstić information content (AvgIpc) is 3.15. The number of hydrogen-bond donors (Lipinski definition) is 2. The molecular weight excluding hydrogens is 349 g/mol. The van der Waals surface area contributed by atoms with E-state index in [0.717, 1.165) is 0 Å². The summed E-state index contributed by atoms with van der Waals surface area (Å²) in [6.07, 6.45) is 1.25. The molecule has 0 aliphatic carbocycles. The van der Waals surface area contributed by atoms with Gasteiger partial charge in [0.05, 0.1) is 18.0 Å². The van der Waals surface area contributed by atoms with E-state index in [1.807, 2.05) is 13.0 Å². The highest BCUT2D eigenvalue weighted by atomic mass is 19.1. The van der Waals surface area contributed by atoms with Gasteiger partial charge >= 0.3 is 6.03 Å². The number of amides is 3. The van der Waals surface area contributed by atoms with Gasteiger partial charge in [-0.3, -0.25) is 4.79 Å². The van der Waals surface area contributed by atoms with Crippen molar-refractivity contribution in [3.63, 3.8) is 0 Å². The quantitative estimate of drug-likeness (QED) is 0.838. The summed E-state index contributed by atoms with van der Waals surface area (Å²) in [6.45, 7) is 2.78. The molecule has 1 aliphatic heterocycles. The average molecular weight is 371 g/mol. The fourth-order valence-electron chi connectivity index (χ4n) is 3.10. The SMILES string of the molecule is CCOc1ccccc1NC(=O)C1CCCN1C(=O)Nc1ccccc1F. The number of nitrogens with one attached hydrogen (secondary N) is 2. The van der Waals surface area contributed by atoms with Gasteiger partial charge in [0.2, 0.25) is 5.91 Å². The second kappa shape index (κ2) is 8.53. The van der Waals surface area contributed by atoms with Crippen LogP contribution in [0.15, 0.2) is 48.5 Å². The van der Waals surface area contributed by atoms with E-state index in [9.17, 15) is 14.0 Å². The second-order valence-corrected chi connectivity index (χ2v) is 6.18. The van der Waals surface area contributed by atoms with E-state index in [1.54, 1.807) is 30.3 Å². The summed E-state index contributed by atoms with van der Waals surface area (Å²) in [5, 5.41) is 5.38. The highest BCUT2D eigenvalue weighted by Gasteiger charge is 2.34. The van der Waals surface area contributed by atoms with Crippen LogP contribution in [0.4, 0.5) is 20.6 Å². The van der Waals surface area contributed by atoms with Gasteiger partial charge in [0.25, 0.3) is 0 Å². The van der Waals surface area contributed by atoms with Crippen molar-refractivity contribution in [3.8, 4) is 5.75 Å². The van der Waals surface area contributed by atoms with Crippen molar-refractivity contribution in [2.75, 3.05) is 23.8 Å². The molecule has 2 aromatic rings. The van der Waals surface area contributed by atoms with Crippen LogP contribution in [-0.2, 0) is 4.79 Å². The Bertz CT molecular complexity index is 828. The summed E-state index contributed by atoms with van der Waals surface area (Å²) in [5.41, 5.74) is 0.654. The molecule has 0 bridgehead atoms. The zero-order valence-corrected chi connectivity index (χ0v) is 15.1. The topological polar surface area (TPSA) is 70.7 Å². The first-order chi connectivity index (χ1) is 13.1. The first kappa shape index (κ1) is 18.7. The molecular formula is C20H22FN3O3. The largest absolute Gasteiger partial charge is 0.492 e. The predicted molar refractivity (Wildman–Crippen MR) is 101 cm³/mol. The van der Waals surface area contributed by atoms with Crippen LogP contribution >= 0.6 is 0 Å². The number of nitrogens with zero attached hydrogens (tertiary/aromatic N) is 1. The van der Waals surface area contributed by atoms with Gasteiger partial charge in [-0.25, -0.2) is 9.18 Å². The molecule has 1 atom stereocenters. The lowest BCUT2D eigenvalue weighted by Crippen LogP contribution is -2.45. The van der Waals surface area contributed by atoms with Crippen LogP contribution in [0.25, 0.3) is 0 Å². The van der Waals surface area contributed by atoms with E-state index in [2.05, 4.69) is 10.6 Å². The van der Waals surface area contributed by atoms with Crippen LogP contribution in [0, 0.1) is 5.82 Å². The molecule has 6 nitrogen and oxygen atoms in total. The molecule has 2 N–H and O–H groups in total. The molecule has 142 valence electrons. The van der Waals surface area contributed by atoms with Crippen molar-refractivity contribution >= 4 is 23.3 Å². The molecule has 0 aromatic heterocycles. The van der Waals surface area contributed by atoms with Crippen LogP contribution in [0.1, 0.15) is 19.8 Å². The Kier molecular flexibility index (Phi) is 5.90. The normalized spacial score (nSPS) is 16.1. The van der Waals surface area contributed by atoms with E-state index in [0.29, 0.717) is 37.4 Å². The number of ether oxygens (including phenoxy) is 1. The summed E-state index contributed by atoms with van der Waals surface area (Å²) in [7, 11) is 0. The van der Waals surface area contributed by atoms with Gasteiger partial charge in [0.1, 0.15) is 17.6 Å². The third-order valence-electron chi connectivity index (χ3n) is 4.38. The fourth-order valence-corrected chi connectivity index (χ4v) is 3.10. The molecule has 1 fully saturated rings. The molecule has 0 spiro atoms. The number of anilines is 2. The lowest BCUT2D eigenvalue weighted by molar-refractivity contribution is -0.119. The Labute approximate surface area is 157 Å². The van der Waals surface area contributed by atoms with Crippen LogP contribution in [0.3, 0.4) is 0 Å². The van der Waals surface area contributed by atoms with Crippen molar-refractivity contribution in [3.05, 3.63) is 54.3 Å². The monoisotopic (exact) mass is 371 g/mol. The van der Waals surface area contributed by atoms with E-state index in [-0.39, 0.29) is 11.6 Å². The maximum atomic E-state index is 13.8. The van der Waals surface area contributed by atoms with Crippen molar-refractivity contribution < 1.29 is 18.7 Å². The molecule has 1 saturated heterocycles. The van der Waals surface area contributed by atoms with Gasteiger partial charge < -0.3 is 20.3 Å². The van der Waals surface area contributed by atoms with Crippen LogP contribution in [0.5, 0.6) is 5.75 Å². The zero-order chi connectivity index (χ0) is 19.2. The number of rotatable bonds is 5. The van der Waals surface area contributed by atoms with Crippen molar-refractivity contribution in [2.45, 2.75) is 25.8 Å². The summed E-state index contributed by atoms with van der Waals surface area (Å²) in [4.78, 5) is 26.7. The fraction of sp³-hybridized carbons (Fsp3) is 0.300. The molecule has 7 heteroatoms. The van der Waals surface area contributed by atoms with E-state index in [1.165, 1.54) is 17.0 Å². The zero-order valence-electron chi connectivity index (χ0n) is 15.1. The highest BCUT2D eigenvalue weighted by molar-refractivity contribution is 6.00. The van der Waals surface area contributed by atoms with E-state index < -0.39 is 17.9 Å². The van der Waals surface area contributed by atoms with Crippen molar-refractivity contribution in [2.24, 2.45) is 0 Å². The molecule has 0 saturated carbocycles. The number of para-hydroxylation sites is 3. The molecule has 3 rings (SSSR count). The van der Waals surface area contributed by atoms with Crippen molar-refractivity contribution in [1.29, 1.82) is 0 Å². The van der Waals surface area contributed by atoms with Crippen LogP contribution in [-0.4, -0.2) is 36.0 Å². The molecule has 27 heavy (non-hydrogen) atoms. The Morgan fingerprint density at radius 3 is 2.56 bits per heavy atom. The van der Waals surface area contributed by atoms with Crippen LogP contribution in [0.2, 0.25) is 0 Å². The molecule has 2 aromatic carbocycles. The maximum absolute atomic E-state index is 13.8. The Hall–Kier alpha value is -3.09. The Morgan fingerprint density at radius 2 is 1.81 bits per heavy atom. The second-order valence-electron chi connectivity index (χ2n) is 6.18. The van der Waals surface area contributed by atoms with Gasteiger partial charge in [-0.1, -0.05) is 24.3 Å². The van der Waals surface area contributed by atoms with E-state index >= 15 is 0 Å². The van der Waals surface area contributed by atoms with Gasteiger partial charge in [0, 0.05) is 6.54 Å². The smallest absolute Gasteiger partial charge is 0.322 e. The first-order valence-corrected chi connectivity index (χ1v) is 8.95. The molecule has 1 aliphatic rings. The number of benzene rings is 2. The van der Waals surface area contributed by atoms with Gasteiger partial charge in [-0.15, -0.1) is 0 Å². The standard InChI is InChI=1S/C20H22FN3O3/c1-2-27-18-12-6-5-10-16(18)22-19(25)17-11-7-13-24(17)20(26)23-15-9-4-3-8-14(15)21/h3-6,8-10,12,17H,2,7,11,13H2,1H3,(H,22,25)(H,23,26). The van der Waals surface area contributed by atoms with E-state index in [4.69, 9.17) is 4.74 Å². The third kappa shape index (κ3) is 4.36. The highest BCUT2D eigenvalue weighted by Crippen LogP contribution is 2.26. The van der Waals surface area contributed by atoms with Gasteiger partial charge in [0.15, 0.2) is 0 Å². The summed E-state index contributed by atoms with van der Waals surface area (Å²) < 4.78 is 19.3. The summed E-state index contributed by atoms with van der Waals surface area (Å²) in [6, 6.07) is 12.0. The summed E-state index contributed by atoms with van der Waals surface area (Å²) >= 11 is 0. The number of halogens is 1. The number of carbonyl (C=O) groups excluding carboxylic acids is 2. The molecule has 3 amide bonds. The number of carbonyl (C=O) groups is 2. The minimum Gasteiger partial charge on any atom is -0.492 e. The maximum Gasteiger partial charge on any atom is 0.322 e. The Balaban J connectivity index is 1.69. The van der Waals surface area contributed by atoms with Gasteiger partial charge in [-0.2, -0.15) is 0 Å². The minimum atomic E-state index is -0.619. The number of likely N-dealkylation sites (tertiary alicyclic amines) is 1. The lowest BCUT2D eigenvalue weighted by atomic mass is 10.2. The minimum absolute atomic E-state index is 0.0928. The lowest BCUT2D eigenvalue weighted by Gasteiger charge is -2.24. The molecule has 1 unspecified atom stereocenters. The third-order valence-corrected chi connectivity index (χ3v) is 4.38. The molecule has 0 radical (unpaired) electrons. The number of hydrogen-bond acceptors (Lipinski definition) is 3. The predicted octanol–water partition coefficient (Wildman–Crippen LogP) is 3.86. The van der Waals surface area contributed by atoms with Crippen molar-refractivity contribution in [1.82, 2.24) is 4.90 Å². The molecule has 1 heterocycles.